The molecule has 0 aromatic heterocycles. The van der Waals surface area contributed by atoms with Crippen molar-refractivity contribution in [1.29, 1.82) is 0 Å². The molecule has 90 valence electrons. The van der Waals surface area contributed by atoms with Crippen molar-refractivity contribution in [2.24, 2.45) is 11.8 Å². The summed E-state index contributed by atoms with van der Waals surface area (Å²) >= 11 is 0. The van der Waals surface area contributed by atoms with Gasteiger partial charge in [0.2, 0.25) is 0 Å². The lowest BCUT2D eigenvalue weighted by Gasteiger charge is -2.17. The summed E-state index contributed by atoms with van der Waals surface area (Å²) in [6, 6.07) is 6.83. The number of nitrogens with one attached hydrogen (secondary N) is 1. The van der Waals surface area contributed by atoms with E-state index in [0.717, 1.165) is 0 Å². The van der Waals surface area contributed by atoms with Crippen LogP contribution in [0.2, 0.25) is 0 Å². The molecule has 0 unspecified atom stereocenters. The highest BCUT2D eigenvalue weighted by Crippen LogP contribution is 2.44. The van der Waals surface area contributed by atoms with E-state index in [1.54, 1.807) is 24.3 Å². The number of phenols is 1. The minimum Gasteiger partial charge on any atom is -0.508 e. The lowest BCUT2D eigenvalue weighted by molar-refractivity contribution is 0.0926. The minimum atomic E-state index is -0.00574. The van der Waals surface area contributed by atoms with Gasteiger partial charge in [0, 0.05) is 11.6 Å². The topological polar surface area (TPSA) is 49.3 Å². The zero-order valence-corrected chi connectivity index (χ0v) is 9.73. The number of amides is 1. The summed E-state index contributed by atoms with van der Waals surface area (Å²) in [4.78, 5) is 12.0. The molecule has 2 aliphatic carbocycles. The Bertz CT molecular complexity index is 406. The molecule has 0 aliphatic heterocycles. The number of phenolic OH excluding ortho intramolecular Hbond substituents is 1. The Morgan fingerprint density at radius 3 is 2.12 bits per heavy atom. The summed E-state index contributed by atoms with van der Waals surface area (Å²) in [6.07, 6.45) is 5.04. The van der Waals surface area contributed by atoms with Crippen LogP contribution in [0.4, 0.5) is 0 Å². The van der Waals surface area contributed by atoms with Crippen LogP contribution in [0, 0.1) is 11.8 Å². The van der Waals surface area contributed by atoms with E-state index in [-0.39, 0.29) is 11.7 Å². The molecule has 1 aromatic rings. The number of carbonyl (C=O) groups is 1. The van der Waals surface area contributed by atoms with Gasteiger partial charge in [-0.1, -0.05) is 0 Å². The van der Waals surface area contributed by atoms with Crippen LogP contribution in [0.1, 0.15) is 36.0 Å². The largest absolute Gasteiger partial charge is 0.508 e. The first-order valence-electron chi connectivity index (χ1n) is 6.34. The zero-order valence-electron chi connectivity index (χ0n) is 9.73. The third-order valence-corrected chi connectivity index (χ3v) is 3.69. The third-order valence-electron chi connectivity index (χ3n) is 3.69. The van der Waals surface area contributed by atoms with Crippen LogP contribution in [0.25, 0.3) is 0 Å². The van der Waals surface area contributed by atoms with Crippen molar-refractivity contribution in [3.63, 3.8) is 0 Å². The van der Waals surface area contributed by atoms with Crippen LogP contribution < -0.4 is 5.32 Å². The fraction of sp³-hybridized carbons (Fsp3) is 0.500. The molecule has 3 nitrogen and oxygen atoms in total. The molecule has 2 saturated carbocycles. The maximum atomic E-state index is 12.0. The maximum Gasteiger partial charge on any atom is 0.251 e. The van der Waals surface area contributed by atoms with E-state index in [1.165, 1.54) is 25.7 Å². The van der Waals surface area contributed by atoms with E-state index in [2.05, 4.69) is 5.32 Å². The summed E-state index contributed by atoms with van der Waals surface area (Å²) < 4.78 is 0. The average Bonchev–Trinajstić information content (AvgIpc) is 3.17. The first-order valence-corrected chi connectivity index (χ1v) is 6.34. The highest BCUT2D eigenvalue weighted by atomic mass is 16.3. The lowest BCUT2D eigenvalue weighted by Crippen LogP contribution is -2.38. The molecule has 0 saturated heterocycles. The number of rotatable bonds is 4. The highest BCUT2D eigenvalue weighted by Gasteiger charge is 2.42. The van der Waals surface area contributed by atoms with Gasteiger partial charge in [-0.05, 0) is 61.8 Å². The number of carbonyl (C=O) groups excluding carboxylic acids is 1. The highest BCUT2D eigenvalue weighted by molar-refractivity contribution is 5.94. The minimum absolute atomic E-state index is 0.00574. The molecule has 17 heavy (non-hydrogen) atoms. The Morgan fingerprint density at radius 1 is 1.12 bits per heavy atom. The van der Waals surface area contributed by atoms with Crippen LogP contribution in [0.15, 0.2) is 24.3 Å². The molecule has 2 aliphatic rings. The second-order valence-electron chi connectivity index (χ2n) is 5.22. The molecule has 0 spiro atoms. The van der Waals surface area contributed by atoms with Crippen LogP contribution in [-0.2, 0) is 0 Å². The molecule has 0 heterocycles. The van der Waals surface area contributed by atoms with Gasteiger partial charge in [-0.25, -0.2) is 0 Å². The monoisotopic (exact) mass is 231 g/mol. The predicted octanol–water partition coefficient (Wildman–Crippen LogP) is 2.31. The van der Waals surface area contributed by atoms with E-state index in [4.69, 9.17) is 0 Å². The Hall–Kier alpha value is -1.51. The lowest BCUT2D eigenvalue weighted by atomic mass is 10.1. The van der Waals surface area contributed by atoms with E-state index >= 15 is 0 Å². The van der Waals surface area contributed by atoms with Crippen LogP contribution in [0.5, 0.6) is 5.75 Å². The van der Waals surface area contributed by atoms with Gasteiger partial charge in [0.1, 0.15) is 5.75 Å². The smallest absolute Gasteiger partial charge is 0.251 e. The fourth-order valence-corrected chi connectivity index (χ4v) is 2.38. The Balaban J connectivity index is 1.67. The van der Waals surface area contributed by atoms with Gasteiger partial charge in [0.05, 0.1) is 0 Å². The van der Waals surface area contributed by atoms with Crippen molar-refractivity contribution in [2.75, 3.05) is 0 Å². The number of hydrogen-bond acceptors (Lipinski definition) is 2. The first-order chi connectivity index (χ1) is 8.24. The van der Waals surface area contributed by atoms with Gasteiger partial charge >= 0.3 is 0 Å². The Kier molecular flexibility index (Phi) is 2.54. The Labute approximate surface area is 101 Å². The average molecular weight is 231 g/mol. The van der Waals surface area contributed by atoms with Crippen molar-refractivity contribution in [1.82, 2.24) is 5.32 Å². The number of benzene rings is 1. The van der Waals surface area contributed by atoms with Crippen molar-refractivity contribution < 1.29 is 9.90 Å². The predicted molar refractivity (Wildman–Crippen MR) is 64.8 cm³/mol. The van der Waals surface area contributed by atoms with Crippen molar-refractivity contribution in [3.05, 3.63) is 29.8 Å². The standard InChI is InChI=1S/C14H17NO2/c16-12-7-5-11(6-8-12)14(17)15-13(9-1-2-9)10-3-4-10/h5-10,13,16H,1-4H2,(H,15,17). The van der Waals surface area contributed by atoms with Gasteiger partial charge in [0.25, 0.3) is 5.91 Å². The second-order valence-corrected chi connectivity index (χ2v) is 5.22. The number of hydrogen-bond donors (Lipinski definition) is 2. The quantitative estimate of drug-likeness (QED) is 0.835. The molecule has 0 bridgehead atoms. The molecule has 3 heteroatoms. The molecular formula is C14H17NO2. The van der Waals surface area contributed by atoms with E-state index in [1.807, 2.05) is 0 Å². The van der Waals surface area contributed by atoms with Crippen LogP contribution >= 0.6 is 0 Å². The molecule has 0 atom stereocenters. The van der Waals surface area contributed by atoms with Crippen molar-refractivity contribution in [2.45, 2.75) is 31.7 Å². The molecule has 3 rings (SSSR count). The molecule has 2 N–H and O–H groups in total. The molecule has 1 amide bonds. The van der Waals surface area contributed by atoms with Gasteiger partial charge in [-0.2, -0.15) is 0 Å². The SMILES string of the molecule is O=C(NC(C1CC1)C1CC1)c1ccc(O)cc1. The van der Waals surface area contributed by atoms with Crippen LogP contribution in [-0.4, -0.2) is 17.1 Å². The molecule has 0 radical (unpaired) electrons. The summed E-state index contributed by atoms with van der Waals surface area (Å²) in [6.45, 7) is 0. The molecule has 2 fully saturated rings. The second kappa shape index (κ2) is 4.06. The van der Waals surface area contributed by atoms with Crippen LogP contribution in [0.3, 0.4) is 0 Å². The summed E-state index contributed by atoms with van der Waals surface area (Å²) in [5.41, 5.74) is 0.633. The normalized spacial score (nSPS) is 19.4. The summed E-state index contributed by atoms with van der Waals surface area (Å²) in [7, 11) is 0. The van der Waals surface area contributed by atoms with Gasteiger partial charge in [-0.15, -0.1) is 0 Å². The van der Waals surface area contributed by atoms with E-state index in [9.17, 15) is 9.90 Å². The molecule has 1 aromatic carbocycles. The fourth-order valence-electron chi connectivity index (χ4n) is 2.38. The first kappa shape index (κ1) is 10.6. The Morgan fingerprint density at radius 2 is 1.65 bits per heavy atom. The van der Waals surface area contributed by atoms with Crippen molar-refractivity contribution in [3.8, 4) is 5.75 Å². The zero-order chi connectivity index (χ0) is 11.8. The van der Waals surface area contributed by atoms with E-state index in [0.29, 0.717) is 23.4 Å². The van der Waals surface area contributed by atoms with E-state index < -0.39 is 0 Å². The summed E-state index contributed by atoms with van der Waals surface area (Å²) in [5, 5.41) is 12.3. The third kappa shape index (κ3) is 2.43. The van der Waals surface area contributed by atoms with Gasteiger partial charge in [-0.3, -0.25) is 4.79 Å². The number of aromatic hydroxyl groups is 1. The van der Waals surface area contributed by atoms with Gasteiger partial charge in [0.15, 0.2) is 0 Å². The maximum absolute atomic E-state index is 12.0. The van der Waals surface area contributed by atoms with Crippen molar-refractivity contribution >= 4 is 5.91 Å². The molecular weight excluding hydrogens is 214 g/mol. The summed E-state index contributed by atoms with van der Waals surface area (Å²) in [5.74, 6) is 1.61. The van der Waals surface area contributed by atoms with Gasteiger partial charge < -0.3 is 10.4 Å².